The first-order valence-electron chi connectivity index (χ1n) is 5.23. The summed E-state index contributed by atoms with van der Waals surface area (Å²) in [5.41, 5.74) is 1.16. The van der Waals surface area contributed by atoms with E-state index in [1.807, 2.05) is 30.3 Å². The lowest BCUT2D eigenvalue weighted by molar-refractivity contribution is -0.00372. The van der Waals surface area contributed by atoms with Crippen molar-refractivity contribution in [2.45, 2.75) is 25.6 Å². The molecule has 0 saturated heterocycles. The van der Waals surface area contributed by atoms with Crippen LogP contribution in [0.4, 0.5) is 0 Å². The summed E-state index contributed by atoms with van der Waals surface area (Å²) in [6, 6.07) is 10.1. The van der Waals surface area contributed by atoms with Crippen molar-refractivity contribution in [3.05, 3.63) is 35.9 Å². The molecule has 0 heterocycles. The van der Waals surface area contributed by atoms with Crippen molar-refractivity contribution in [1.82, 2.24) is 0 Å². The number of thiol groups is 1. The molecule has 0 amide bonds. The zero-order valence-electron chi connectivity index (χ0n) is 8.97. The van der Waals surface area contributed by atoms with Gasteiger partial charge >= 0.3 is 0 Å². The van der Waals surface area contributed by atoms with Gasteiger partial charge in [0.2, 0.25) is 0 Å². The quantitative estimate of drug-likeness (QED) is 0.730. The van der Waals surface area contributed by atoms with Crippen LogP contribution in [0, 0.1) is 0 Å². The molecule has 1 rings (SSSR count). The second kappa shape index (κ2) is 6.88. The predicted octanol–water partition coefficient (Wildman–Crippen LogP) is 2.45. The molecular weight excluding hydrogens is 208 g/mol. The lowest BCUT2D eigenvalue weighted by Gasteiger charge is -2.18. The van der Waals surface area contributed by atoms with Gasteiger partial charge in [0.1, 0.15) is 0 Å². The van der Waals surface area contributed by atoms with Crippen LogP contribution in [0.3, 0.4) is 0 Å². The summed E-state index contributed by atoms with van der Waals surface area (Å²) >= 11 is 4.00. The average molecular weight is 226 g/mol. The van der Waals surface area contributed by atoms with E-state index in [9.17, 15) is 5.11 Å². The average Bonchev–Trinajstić information content (AvgIpc) is 2.31. The van der Waals surface area contributed by atoms with E-state index in [0.29, 0.717) is 12.4 Å². The molecular formula is C12H18O2S. The highest BCUT2D eigenvalue weighted by Crippen LogP contribution is 2.20. The number of aliphatic hydroxyl groups is 1. The van der Waals surface area contributed by atoms with E-state index in [2.05, 4.69) is 19.6 Å². The summed E-state index contributed by atoms with van der Waals surface area (Å²) in [7, 11) is 0. The third kappa shape index (κ3) is 4.24. The molecule has 1 aromatic rings. The van der Waals surface area contributed by atoms with Crippen molar-refractivity contribution in [2.75, 3.05) is 12.4 Å². The Morgan fingerprint density at radius 2 is 2.00 bits per heavy atom. The van der Waals surface area contributed by atoms with Crippen LogP contribution in [0.1, 0.15) is 25.0 Å². The third-order valence-corrected chi connectivity index (χ3v) is 2.66. The largest absolute Gasteiger partial charge is 0.390 e. The fourth-order valence-electron chi connectivity index (χ4n) is 1.40. The van der Waals surface area contributed by atoms with Crippen LogP contribution < -0.4 is 0 Å². The van der Waals surface area contributed by atoms with E-state index in [0.717, 1.165) is 12.0 Å². The number of hydrogen-bond donors (Lipinski definition) is 2. The Hall–Kier alpha value is -0.510. The van der Waals surface area contributed by atoms with Gasteiger partial charge in [-0.15, -0.1) is 0 Å². The van der Waals surface area contributed by atoms with Crippen LogP contribution in [0.5, 0.6) is 0 Å². The Morgan fingerprint density at radius 3 is 2.53 bits per heavy atom. The second-order valence-electron chi connectivity index (χ2n) is 3.48. The highest BCUT2D eigenvalue weighted by Gasteiger charge is 2.11. The first kappa shape index (κ1) is 12.6. The lowest BCUT2D eigenvalue weighted by Crippen LogP contribution is -2.18. The van der Waals surface area contributed by atoms with Crippen LogP contribution in [-0.2, 0) is 4.74 Å². The van der Waals surface area contributed by atoms with Gasteiger partial charge in [0.05, 0.1) is 18.8 Å². The van der Waals surface area contributed by atoms with E-state index < -0.39 is 6.10 Å². The lowest BCUT2D eigenvalue weighted by atomic mass is 10.1. The topological polar surface area (TPSA) is 29.5 Å². The minimum atomic E-state index is -0.480. The molecule has 2 atom stereocenters. The fourth-order valence-corrected chi connectivity index (χ4v) is 1.50. The molecule has 1 aromatic carbocycles. The van der Waals surface area contributed by atoms with Crippen molar-refractivity contribution in [3.8, 4) is 0 Å². The van der Waals surface area contributed by atoms with Gasteiger partial charge in [0, 0.05) is 5.75 Å². The van der Waals surface area contributed by atoms with Crippen LogP contribution in [-0.4, -0.2) is 23.6 Å². The SMILES string of the molecule is CCC(OCC(O)CS)c1ccccc1. The molecule has 0 bridgehead atoms. The standard InChI is InChI=1S/C12H18O2S/c1-2-12(14-8-11(13)9-15)10-6-4-3-5-7-10/h3-7,11-13,15H,2,8-9H2,1H3. The number of benzene rings is 1. The minimum absolute atomic E-state index is 0.0701. The van der Waals surface area contributed by atoms with Crippen molar-refractivity contribution >= 4 is 12.6 Å². The van der Waals surface area contributed by atoms with E-state index in [1.54, 1.807) is 0 Å². The maximum atomic E-state index is 9.35. The normalized spacial score (nSPS) is 14.9. The van der Waals surface area contributed by atoms with E-state index >= 15 is 0 Å². The van der Waals surface area contributed by atoms with Crippen LogP contribution in [0.15, 0.2) is 30.3 Å². The Kier molecular flexibility index (Phi) is 5.76. The highest BCUT2D eigenvalue weighted by atomic mass is 32.1. The maximum absolute atomic E-state index is 9.35. The first-order chi connectivity index (χ1) is 7.27. The molecule has 1 N–H and O–H groups in total. The molecule has 0 aromatic heterocycles. The van der Waals surface area contributed by atoms with E-state index in [1.165, 1.54) is 0 Å². The molecule has 84 valence electrons. The zero-order valence-corrected chi connectivity index (χ0v) is 9.86. The van der Waals surface area contributed by atoms with Crippen LogP contribution in [0.25, 0.3) is 0 Å². The molecule has 0 aliphatic heterocycles. The van der Waals surface area contributed by atoms with Gasteiger partial charge in [-0.1, -0.05) is 37.3 Å². The summed E-state index contributed by atoms with van der Waals surface area (Å²) in [5.74, 6) is 0.436. The zero-order chi connectivity index (χ0) is 11.1. The van der Waals surface area contributed by atoms with Gasteiger partial charge in [-0.2, -0.15) is 12.6 Å². The van der Waals surface area contributed by atoms with Gasteiger partial charge in [0.25, 0.3) is 0 Å². The summed E-state index contributed by atoms with van der Waals surface area (Å²) in [5, 5.41) is 9.35. The fraction of sp³-hybridized carbons (Fsp3) is 0.500. The maximum Gasteiger partial charge on any atom is 0.0861 e. The van der Waals surface area contributed by atoms with E-state index in [4.69, 9.17) is 4.74 Å². The molecule has 2 unspecified atom stereocenters. The number of hydrogen-bond acceptors (Lipinski definition) is 3. The van der Waals surface area contributed by atoms with Crippen LogP contribution in [0.2, 0.25) is 0 Å². The van der Waals surface area contributed by atoms with Crippen LogP contribution >= 0.6 is 12.6 Å². The summed E-state index contributed by atoms with van der Waals surface area (Å²) < 4.78 is 5.63. The number of rotatable bonds is 6. The molecule has 0 spiro atoms. The van der Waals surface area contributed by atoms with Gasteiger partial charge in [-0.25, -0.2) is 0 Å². The summed E-state index contributed by atoms with van der Waals surface area (Å²) in [6.07, 6.45) is 0.496. The number of aliphatic hydroxyl groups excluding tert-OH is 1. The second-order valence-corrected chi connectivity index (χ2v) is 3.84. The van der Waals surface area contributed by atoms with Crippen molar-refractivity contribution in [1.29, 1.82) is 0 Å². The Bertz CT molecular complexity index is 264. The molecule has 2 nitrogen and oxygen atoms in total. The van der Waals surface area contributed by atoms with Gasteiger partial charge in [-0.3, -0.25) is 0 Å². The molecule has 0 aliphatic rings. The van der Waals surface area contributed by atoms with Crippen molar-refractivity contribution in [3.63, 3.8) is 0 Å². The molecule has 0 saturated carbocycles. The van der Waals surface area contributed by atoms with Gasteiger partial charge in [0.15, 0.2) is 0 Å². The number of ether oxygens (including phenoxy) is 1. The highest BCUT2D eigenvalue weighted by molar-refractivity contribution is 7.80. The van der Waals surface area contributed by atoms with Gasteiger partial charge < -0.3 is 9.84 Å². The van der Waals surface area contributed by atoms with Gasteiger partial charge in [-0.05, 0) is 12.0 Å². The minimum Gasteiger partial charge on any atom is -0.390 e. The Labute approximate surface area is 96.7 Å². The molecule has 0 radical (unpaired) electrons. The Balaban J connectivity index is 2.50. The first-order valence-corrected chi connectivity index (χ1v) is 5.86. The predicted molar refractivity (Wildman–Crippen MR) is 65.3 cm³/mol. The molecule has 15 heavy (non-hydrogen) atoms. The van der Waals surface area contributed by atoms with Crippen molar-refractivity contribution < 1.29 is 9.84 Å². The smallest absolute Gasteiger partial charge is 0.0861 e. The monoisotopic (exact) mass is 226 g/mol. The molecule has 0 aliphatic carbocycles. The molecule has 0 fully saturated rings. The summed E-state index contributed by atoms with van der Waals surface area (Å²) in [6.45, 7) is 2.42. The third-order valence-electron chi connectivity index (χ3n) is 2.24. The van der Waals surface area contributed by atoms with Crippen molar-refractivity contribution in [2.24, 2.45) is 0 Å². The van der Waals surface area contributed by atoms with E-state index in [-0.39, 0.29) is 6.10 Å². The Morgan fingerprint density at radius 1 is 1.33 bits per heavy atom. The molecule has 3 heteroatoms. The summed E-state index contributed by atoms with van der Waals surface area (Å²) in [4.78, 5) is 0.